The van der Waals surface area contributed by atoms with E-state index in [2.05, 4.69) is 36.1 Å². The summed E-state index contributed by atoms with van der Waals surface area (Å²) >= 11 is 0. The molecular weight excluding hydrogens is 274 g/mol. The van der Waals surface area contributed by atoms with Crippen molar-refractivity contribution in [1.29, 1.82) is 0 Å². The van der Waals surface area contributed by atoms with Crippen molar-refractivity contribution in [3.05, 3.63) is 35.7 Å². The zero-order valence-electron chi connectivity index (χ0n) is 11.8. The minimum absolute atomic E-state index is 0. The van der Waals surface area contributed by atoms with E-state index in [1.165, 1.54) is 5.56 Å². The zero-order chi connectivity index (χ0) is 13.5. The Morgan fingerprint density at radius 2 is 1.85 bits per heavy atom. The fourth-order valence-corrected chi connectivity index (χ4v) is 2.33. The van der Waals surface area contributed by atoms with Gasteiger partial charge in [-0.3, -0.25) is 0 Å². The van der Waals surface area contributed by atoms with Gasteiger partial charge in [-0.1, -0.05) is 31.1 Å². The smallest absolute Gasteiger partial charge is 0.257 e. The molecule has 1 aromatic carbocycles. The molecule has 0 unspecified atom stereocenters. The molecule has 0 bridgehead atoms. The summed E-state index contributed by atoms with van der Waals surface area (Å²) in [6.07, 6.45) is 3.03. The average Bonchev–Trinajstić information content (AvgIpc) is 2.86. The Balaban J connectivity index is 0.00000147. The largest absolute Gasteiger partial charge is 0.334 e. The lowest BCUT2D eigenvalue weighted by Crippen LogP contribution is -2.44. The summed E-state index contributed by atoms with van der Waals surface area (Å²) in [7, 11) is 0. The molecule has 2 aromatic rings. The van der Waals surface area contributed by atoms with Gasteiger partial charge in [-0.05, 0) is 42.9 Å². The number of nitrogens with two attached hydrogens (primary N) is 1. The summed E-state index contributed by atoms with van der Waals surface area (Å²) in [4.78, 5) is 4.45. The van der Waals surface area contributed by atoms with Crippen LogP contribution in [0.25, 0.3) is 11.5 Å². The fourth-order valence-electron chi connectivity index (χ4n) is 2.33. The molecule has 3 rings (SSSR count). The van der Waals surface area contributed by atoms with E-state index in [0.29, 0.717) is 17.6 Å². The maximum absolute atomic E-state index is 6.19. The third-order valence-corrected chi connectivity index (χ3v) is 3.94. The van der Waals surface area contributed by atoms with Crippen LogP contribution in [0.1, 0.15) is 50.4 Å². The Labute approximate surface area is 125 Å². The Bertz CT molecular complexity index is 573. The fraction of sp³-hybridized carbons (Fsp3) is 0.467. The second-order valence-corrected chi connectivity index (χ2v) is 5.71. The maximum atomic E-state index is 6.19. The highest BCUT2D eigenvalue weighted by Crippen LogP contribution is 2.37. The molecule has 1 aliphatic carbocycles. The lowest BCUT2D eigenvalue weighted by Gasteiger charge is -2.34. The van der Waals surface area contributed by atoms with Crippen molar-refractivity contribution in [2.75, 3.05) is 0 Å². The van der Waals surface area contributed by atoms with Crippen molar-refractivity contribution < 1.29 is 4.52 Å². The molecule has 0 radical (unpaired) electrons. The van der Waals surface area contributed by atoms with Crippen molar-refractivity contribution in [2.24, 2.45) is 5.73 Å². The van der Waals surface area contributed by atoms with Crippen molar-refractivity contribution in [3.8, 4) is 11.5 Å². The summed E-state index contributed by atoms with van der Waals surface area (Å²) in [5.74, 6) is 1.72. The Morgan fingerprint density at radius 1 is 1.20 bits per heavy atom. The van der Waals surface area contributed by atoms with E-state index < -0.39 is 0 Å². The van der Waals surface area contributed by atoms with Crippen LogP contribution in [-0.2, 0) is 5.54 Å². The van der Waals surface area contributed by atoms with Gasteiger partial charge in [0, 0.05) is 5.56 Å². The highest BCUT2D eigenvalue weighted by atomic mass is 35.5. The van der Waals surface area contributed by atoms with Crippen LogP contribution in [0.4, 0.5) is 0 Å². The monoisotopic (exact) mass is 293 g/mol. The summed E-state index contributed by atoms with van der Waals surface area (Å²) in [5.41, 5.74) is 8.09. The zero-order valence-corrected chi connectivity index (χ0v) is 12.6. The van der Waals surface area contributed by atoms with Gasteiger partial charge in [0.05, 0.1) is 5.54 Å². The molecule has 1 fully saturated rings. The van der Waals surface area contributed by atoms with Crippen LogP contribution < -0.4 is 5.73 Å². The number of aromatic nitrogens is 2. The normalized spacial score (nSPS) is 16.6. The van der Waals surface area contributed by atoms with E-state index in [4.69, 9.17) is 10.3 Å². The number of hydrogen-bond donors (Lipinski definition) is 1. The Kier molecular flexibility index (Phi) is 4.16. The van der Waals surface area contributed by atoms with Gasteiger partial charge < -0.3 is 10.3 Å². The first-order valence-corrected chi connectivity index (χ1v) is 6.82. The topological polar surface area (TPSA) is 64.9 Å². The summed E-state index contributed by atoms with van der Waals surface area (Å²) in [6, 6.07) is 8.25. The lowest BCUT2D eigenvalue weighted by molar-refractivity contribution is 0.229. The molecule has 5 heteroatoms. The van der Waals surface area contributed by atoms with Gasteiger partial charge in [-0.2, -0.15) is 4.98 Å². The highest BCUT2D eigenvalue weighted by Gasteiger charge is 2.39. The quantitative estimate of drug-likeness (QED) is 0.938. The molecule has 1 saturated carbocycles. The molecule has 2 N–H and O–H groups in total. The standard InChI is InChI=1S/C15H19N3O.ClH/c1-10(2)11-4-6-12(7-5-11)13-17-14(18-19-13)15(16)8-3-9-15;/h4-7,10H,3,8-9,16H2,1-2H3;1H. The highest BCUT2D eigenvalue weighted by molar-refractivity contribution is 5.85. The first-order chi connectivity index (χ1) is 9.08. The van der Waals surface area contributed by atoms with Crippen molar-refractivity contribution in [1.82, 2.24) is 10.1 Å². The summed E-state index contributed by atoms with van der Waals surface area (Å²) in [5, 5.41) is 4.03. The molecule has 0 amide bonds. The number of halogens is 1. The minimum atomic E-state index is -0.361. The third kappa shape index (κ3) is 2.58. The van der Waals surface area contributed by atoms with E-state index in [1.807, 2.05) is 12.1 Å². The SMILES string of the molecule is CC(C)c1ccc(-c2nc(C3(N)CCC3)no2)cc1.Cl. The third-order valence-electron chi connectivity index (χ3n) is 3.94. The molecule has 0 spiro atoms. The molecule has 4 nitrogen and oxygen atoms in total. The predicted octanol–water partition coefficient (Wildman–Crippen LogP) is 3.62. The molecule has 20 heavy (non-hydrogen) atoms. The van der Waals surface area contributed by atoms with Crippen LogP contribution in [-0.4, -0.2) is 10.1 Å². The van der Waals surface area contributed by atoms with Crippen molar-refractivity contribution >= 4 is 12.4 Å². The van der Waals surface area contributed by atoms with Gasteiger partial charge in [0.2, 0.25) is 0 Å². The number of rotatable bonds is 3. The molecule has 1 aliphatic rings. The van der Waals surface area contributed by atoms with Gasteiger partial charge in [0.15, 0.2) is 5.82 Å². The van der Waals surface area contributed by atoms with Crippen LogP contribution in [0.3, 0.4) is 0 Å². The lowest BCUT2D eigenvalue weighted by atomic mass is 9.77. The van der Waals surface area contributed by atoms with Gasteiger partial charge in [0.1, 0.15) is 0 Å². The number of hydrogen-bond acceptors (Lipinski definition) is 4. The molecule has 0 aliphatic heterocycles. The van der Waals surface area contributed by atoms with Gasteiger partial charge >= 0.3 is 0 Å². The van der Waals surface area contributed by atoms with E-state index >= 15 is 0 Å². The maximum Gasteiger partial charge on any atom is 0.257 e. The van der Waals surface area contributed by atoms with Gasteiger partial charge in [-0.15, -0.1) is 12.4 Å². The Morgan fingerprint density at radius 3 is 2.35 bits per heavy atom. The molecule has 0 saturated heterocycles. The van der Waals surface area contributed by atoms with E-state index in [9.17, 15) is 0 Å². The number of benzene rings is 1. The van der Waals surface area contributed by atoms with Gasteiger partial charge in [-0.25, -0.2) is 0 Å². The van der Waals surface area contributed by atoms with E-state index in [-0.39, 0.29) is 17.9 Å². The van der Waals surface area contributed by atoms with E-state index in [0.717, 1.165) is 24.8 Å². The van der Waals surface area contributed by atoms with Crippen LogP contribution >= 0.6 is 12.4 Å². The van der Waals surface area contributed by atoms with Crippen LogP contribution in [0, 0.1) is 0 Å². The molecular formula is C15H20ClN3O. The Hall–Kier alpha value is -1.39. The van der Waals surface area contributed by atoms with Crippen molar-refractivity contribution in [3.63, 3.8) is 0 Å². The summed E-state index contributed by atoms with van der Waals surface area (Å²) < 4.78 is 5.33. The average molecular weight is 294 g/mol. The molecule has 108 valence electrons. The van der Waals surface area contributed by atoms with Gasteiger partial charge in [0.25, 0.3) is 5.89 Å². The predicted molar refractivity (Wildman–Crippen MR) is 80.8 cm³/mol. The minimum Gasteiger partial charge on any atom is -0.334 e. The molecule has 1 heterocycles. The first-order valence-electron chi connectivity index (χ1n) is 6.82. The molecule has 0 atom stereocenters. The first kappa shape index (κ1) is 15.0. The van der Waals surface area contributed by atoms with Crippen LogP contribution in [0.5, 0.6) is 0 Å². The number of nitrogens with zero attached hydrogens (tertiary/aromatic N) is 2. The second kappa shape index (κ2) is 5.54. The van der Waals surface area contributed by atoms with Crippen LogP contribution in [0.15, 0.2) is 28.8 Å². The van der Waals surface area contributed by atoms with E-state index in [1.54, 1.807) is 0 Å². The van der Waals surface area contributed by atoms with Crippen LogP contribution in [0.2, 0.25) is 0 Å². The second-order valence-electron chi connectivity index (χ2n) is 5.71. The molecule has 1 aromatic heterocycles. The summed E-state index contributed by atoms with van der Waals surface area (Å²) in [6.45, 7) is 4.35. The van der Waals surface area contributed by atoms with Crippen molar-refractivity contribution in [2.45, 2.75) is 44.6 Å².